The van der Waals surface area contributed by atoms with Crippen LogP contribution in [-0.4, -0.2) is 24.6 Å². The number of methoxy groups -OCH3 is 1. The molecule has 1 aromatic carbocycles. The Hall–Kier alpha value is -1.59. The van der Waals surface area contributed by atoms with Crippen molar-refractivity contribution in [3.8, 4) is 16.2 Å². The van der Waals surface area contributed by atoms with Crippen LogP contribution in [0.4, 0.5) is 0 Å². The fraction of sp³-hybridized carbons (Fsp3) is 0.400. The standard InChI is InChI=1S/C15H18N2O2S/c1-19-12-4-2-11(3-5-12)14-13(15(18)17-20-14)10-6-8-16-9-7-10/h2-5,10,16H,6-9H2,1H3,(H,17,18). The Balaban J connectivity index is 1.98. The smallest absolute Gasteiger partial charge is 0.262 e. The number of benzene rings is 1. The third kappa shape index (κ3) is 2.51. The highest BCUT2D eigenvalue weighted by molar-refractivity contribution is 7.09. The molecular weight excluding hydrogens is 272 g/mol. The van der Waals surface area contributed by atoms with Crippen LogP contribution in [0.15, 0.2) is 29.1 Å². The molecule has 0 bridgehead atoms. The third-order valence-electron chi connectivity index (χ3n) is 3.83. The molecule has 0 radical (unpaired) electrons. The summed E-state index contributed by atoms with van der Waals surface area (Å²) in [5.74, 6) is 1.20. The van der Waals surface area contributed by atoms with Gasteiger partial charge in [0.15, 0.2) is 0 Å². The summed E-state index contributed by atoms with van der Waals surface area (Å²) in [7, 11) is 1.66. The lowest BCUT2D eigenvalue weighted by molar-refractivity contribution is 0.415. The molecule has 5 heteroatoms. The van der Waals surface area contributed by atoms with Gasteiger partial charge in [-0.3, -0.25) is 9.17 Å². The van der Waals surface area contributed by atoms with Crippen LogP contribution in [0.1, 0.15) is 24.3 Å². The minimum atomic E-state index is 0.0766. The van der Waals surface area contributed by atoms with E-state index in [4.69, 9.17) is 4.74 Å². The Bertz CT molecular complexity index is 624. The van der Waals surface area contributed by atoms with Crippen LogP contribution < -0.4 is 15.6 Å². The van der Waals surface area contributed by atoms with Crippen molar-refractivity contribution in [3.63, 3.8) is 0 Å². The molecule has 0 amide bonds. The average molecular weight is 290 g/mol. The van der Waals surface area contributed by atoms with Gasteiger partial charge in [-0.1, -0.05) is 11.5 Å². The van der Waals surface area contributed by atoms with Crippen LogP contribution in [-0.2, 0) is 0 Å². The summed E-state index contributed by atoms with van der Waals surface area (Å²) in [5.41, 5.74) is 2.12. The van der Waals surface area contributed by atoms with Gasteiger partial charge >= 0.3 is 0 Å². The Morgan fingerprint density at radius 2 is 1.90 bits per heavy atom. The second kappa shape index (κ2) is 5.81. The number of aromatic amines is 1. The van der Waals surface area contributed by atoms with Crippen molar-refractivity contribution in [2.75, 3.05) is 20.2 Å². The molecule has 0 spiro atoms. The van der Waals surface area contributed by atoms with E-state index in [1.54, 1.807) is 7.11 Å². The zero-order chi connectivity index (χ0) is 13.9. The Kier molecular flexibility index (Phi) is 3.89. The van der Waals surface area contributed by atoms with Crippen molar-refractivity contribution in [1.82, 2.24) is 9.69 Å². The van der Waals surface area contributed by atoms with Gasteiger partial charge in [-0.15, -0.1) is 0 Å². The van der Waals surface area contributed by atoms with Gasteiger partial charge in [-0.2, -0.15) is 0 Å². The molecule has 0 aliphatic carbocycles. The van der Waals surface area contributed by atoms with Crippen LogP contribution in [0.25, 0.3) is 10.4 Å². The lowest BCUT2D eigenvalue weighted by atomic mass is 9.89. The Labute approximate surface area is 121 Å². The number of nitrogens with one attached hydrogen (secondary N) is 2. The lowest BCUT2D eigenvalue weighted by Gasteiger charge is -2.22. The van der Waals surface area contributed by atoms with Gasteiger partial charge in [0.05, 0.1) is 12.0 Å². The molecule has 1 aliphatic heterocycles. The zero-order valence-corrected chi connectivity index (χ0v) is 12.3. The molecular formula is C15H18N2O2S. The highest BCUT2D eigenvalue weighted by Gasteiger charge is 2.23. The monoisotopic (exact) mass is 290 g/mol. The first-order valence-electron chi connectivity index (χ1n) is 6.86. The van der Waals surface area contributed by atoms with E-state index in [1.165, 1.54) is 11.5 Å². The van der Waals surface area contributed by atoms with Crippen molar-refractivity contribution >= 4 is 11.5 Å². The van der Waals surface area contributed by atoms with E-state index in [2.05, 4.69) is 9.69 Å². The maximum atomic E-state index is 12.1. The minimum Gasteiger partial charge on any atom is -0.497 e. The SMILES string of the molecule is COc1ccc(-c2s[nH]c(=O)c2C2CCNCC2)cc1. The van der Waals surface area contributed by atoms with Crippen molar-refractivity contribution in [3.05, 3.63) is 40.2 Å². The van der Waals surface area contributed by atoms with Gasteiger partial charge < -0.3 is 10.1 Å². The maximum absolute atomic E-state index is 12.1. The van der Waals surface area contributed by atoms with Crippen molar-refractivity contribution in [2.45, 2.75) is 18.8 Å². The number of piperidine rings is 1. The van der Waals surface area contributed by atoms with Crippen LogP contribution in [0.3, 0.4) is 0 Å². The molecule has 0 atom stereocenters. The van der Waals surface area contributed by atoms with Gasteiger partial charge in [0.1, 0.15) is 5.75 Å². The van der Waals surface area contributed by atoms with Crippen LogP contribution in [0.5, 0.6) is 5.75 Å². The van der Waals surface area contributed by atoms with E-state index in [0.717, 1.165) is 47.7 Å². The summed E-state index contributed by atoms with van der Waals surface area (Å²) < 4.78 is 8.08. The van der Waals surface area contributed by atoms with E-state index >= 15 is 0 Å². The molecule has 1 fully saturated rings. The summed E-state index contributed by atoms with van der Waals surface area (Å²) in [6.07, 6.45) is 2.06. The number of H-pyrrole nitrogens is 1. The largest absolute Gasteiger partial charge is 0.497 e. The average Bonchev–Trinajstić information content (AvgIpc) is 2.90. The number of rotatable bonds is 3. The van der Waals surface area contributed by atoms with Gasteiger partial charge in [0.25, 0.3) is 5.56 Å². The molecule has 1 aromatic heterocycles. The van der Waals surface area contributed by atoms with Crippen molar-refractivity contribution in [2.24, 2.45) is 0 Å². The molecule has 2 N–H and O–H groups in total. The Morgan fingerprint density at radius 1 is 1.20 bits per heavy atom. The fourth-order valence-corrected chi connectivity index (χ4v) is 3.68. The summed E-state index contributed by atoms with van der Waals surface area (Å²) in [5, 5.41) is 3.35. The highest BCUT2D eigenvalue weighted by atomic mass is 32.1. The predicted molar refractivity (Wildman–Crippen MR) is 81.8 cm³/mol. The third-order valence-corrected chi connectivity index (χ3v) is 4.78. The summed E-state index contributed by atoms with van der Waals surface area (Å²) in [4.78, 5) is 13.2. The number of hydrogen-bond donors (Lipinski definition) is 2. The van der Waals surface area contributed by atoms with Crippen LogP contribution >= 0.6 is 11.5 Å². The van der Waals surface area contributed by atoms with Gasteiger partial charge in [0, 0.05) is 5.56 Å². The quantitative estimate of drug-likeness (QED) is 0.913. The highest BCUT2D eigenvalue weighted by Crippen LogP contribution is 2.34. The topological polar surface area (TPSA) is 54.1 Å². The fourth-order valence-electron chi connectivity index (χ4n) is 2.75. The summed E-state index contributed by atoms with van der Waals surface area (Å²) >= 11 is 1.44. The number of hydrogen-bond acceptors (Lipinski definition) is 4. The summed E-state index contributed by atoms with van der Waals surface area (Å²) in [6.45, 7) is 1.98. The first-order valence-corrected chi connectivity index (χ1v) is 7.67. The first kappa shape index (κ1) is 13.4. The molecule has 0 unspecified atom stereocenters. The summed E-state index contributed by atoms with van der Waals surface area (Å²) in [6, 6.07) is 7.91. The minimum absolute atomic E-state index is 0.0766. The maximum Gasteiger partial charge on any atom is 0.262 e. The molecule has 3 rings (SSSR count). The molecule has 20 heavy (non-hydrogen) atoms. The van der Waals surface area contributed by atoms with Crippen LogP contribution in [0, 0.1) is 0 Å². The second-order valence-electron chi connectivity index (χ2n) is 5.03. The number of aromatic nitrogens is 1. The van der Waals surface area contributed by atoms with E-state index in [1.807, 2.05) is 24.3 Å². The van der Waals surface area contributed by atoms with Gasteiger partial charge in [-0.25, -0.2) is 0 Å². The van der Waals surface area contributed by atoms with Crippen molar-refractivity contribution < 1.29 is 4.74 Å². The second-order valence-corrected chi connectivity index (χ2v) is 5.85. The Morgan fingerprint density at radius 3 is 2.55 bits per heavy atom. The molecule has 0 saturated carbocycles. The molecule has 2 aromatic rings. The van der Waals surface area contributed by atoms with Crippen LogP contribution in [0.2, 0.25) is 0 Å². The molecule has 1 aliphatic rings. The number of ether oxygens (including phenoxy) is 1. The lowest BCUT2D eigenvalue weighted by Crippen LogP contribution is -2.28. The predicted octanol–water partition coefficient (Wildman–Crippen LogP) is 2.58. The van der Waals surface area contributed by atoms with E-state index in [0.29, 0.717) is 5.92 Å². The first-order chi connectivity index (χ1) is 9.79. The molecule has 4 nitrogen and oxygen atoms in total. The van der Waals surface area contributed by atoms with Gasteiger partial charge in [0.2, 0.25) is 0 Å². The van der Waals surface area contributed by atoms with Gasteiger partial charge in [-0.05, 0) is 61.7 Å². The molecule has 106 valence electrons. The van der Waals surface area contributed by atoms with Crippen molar-refractivity contribution in [1.29, 1.82) is 0 Å². The molecule has 1 saturated heterocycles. The zero-order valence-electron chi connectivity index (χ0n) is 11.4. The molecule has 2 heterocycles. The van der Waals surface area contributed by atoms with E-state index in [9.17, 15) is 4.79 Å². The van der Waals surface area contributed by atoms with E-state index < -0.39 is 0 Å². The normalized spacial score (nSPS) is 16.2. The van der Waals surface area contributed by atoms with E-state index in [-0.39, 0.29) is 5.56 Å².